The molecule has 166 valence electrons. The summed E-state index contributed by atoms with van der Waals surface area (Å²) in [7, 11) is 0. The van der Waals surface area contributed by atoms with Gasteiger partial charge in [-0.3, -0.25) is 14.4 Å². The third kappa shape index (κ3) is 3.57. The van der Waals surface area contributed by atoms with Crippen molar-refractivity contribution in [2.45, 2.75) is 45.1 Å². The quantitative estimate of drug-likeness (QED) is 0.726. The Morgan fingerprint density at radius 3 is 2.53 bits per heavy atom. The number of ketones is 1. The van der Waals surface area contributed by atoms with E-state index in [2.05, 4.69) is 0 Å². The molecule has 3 aliphatic heterocycles. The van der Waals surface area contributed by atoms with Crippen LogP contribution in [0.15, 0.2) is 42.5 Å². The molecule has 2 fully saturated rings. The normalized spacial score (nSPS) is 22.1. The summed E-state index contributed by atoms with van der Waals surface area (Å²) in [6, 6.07) is 13.4. The molecule has 2 saturated heterocycles. The summed E-state index contributed by atoms with van der Waals surface area (Å²) < 4.78 is 6.28. The lowest BCUT2D eigenvalue weighted by atomic mass is 9.82. The summed E-state index contributed by atoms with van der Waals surface area (Å²) in [4.78, 5) is 42.1. The molecular weight excluding hydrogens is 404 g/mol. The number of Topliss-reactive ketones (excluding diaryl/α,β-unsaturated/α-hetero) is 1. The van der Waals surface area contributed by atoms with E-state index in [-0.39, 0.29) is 29.9 Å². The van der Waals surface area contributed by atoms with Crippen molar-refractivity contribution in [2.24, 2.45) is 5.92 Å². The van der Waals surface area contributed by atoms with Gasteiger partial charge in [0.05, 0.1) is 17.9 Å². The zero-order chi connectivity index (χ0) is 22.5. The maximum Gasteiger partial charge on any atom is 0.228 e. The van der Waals surface area contributed by atoms with E-state index < -0.39 is 5.60 Å². The average molecular weight is 433 g/mol. The van der Waals surface area contributed by atoms with Gasteiger partial charge in [0.1, 0.15) is 11.4 Å². The van der Waals surface area contributed by atoms with E-state index >= 15 is 0 Å². The number of likely N-dealkylation sites (tertiary alicyclic amines) is 1. The van der Waals surface area contributed by atoms with Crippen molar-refractivity contribution in [3.05, 3.63) is 59.2 Å². The maximum absolute atomic E-state index is 13.2. The molecule has 32 heavy (non-hydrogen) atoms. The van der Waals surface area contributed by atoms with Gasteiger partial charge < -0.3 is 14.5 Å². The molecule has 0 unspecified atom stereocenters. The molecule has 6 heteroatoms. The minimum atomic E-state index is -0.529. The fourth-order valence-electron chi connectivity index (χ4n) is 5.13. The van der Waals surface area contributed by atoms with Crippen molar-refractivity contribution in [3.8, 4) is 5.75 Å². The van der Waals surface area contributed by atoms with Gasteiger partial charge in [-0.1, -0.05) is 18.2 Å². The second-order valence-electron chi connectivity index (χ2n) is 9.38. The molecule has 0 bridgehead atoms. The molecule has 2 aromatic rings. The average Bonchev–Trinajstić information content (AvgIpc) is 3.17. The van der Waals surface area contributed by atoms with Crippen LogP contribution in [0.1, 0.15) is 47.2 Å². The Balaban J connectivity index is 1.24. The molecule has 5 rings (SSSR count). The van der Waals surface area contributed by atoms with Crippen molar-refractivity contribution in [3.63, 3.8) is 0 Å². The summed E-state index contributed by atoms with van der Waals surface area (Å²) in [5, 5.41) is 0. The highest BCUT2D eigenvalue weighted by Gasteiger charge is 2.45. The third-order valence-electron chi connectivity index (χ3n) is 7.26. The van der Waals surface area contributed by atoms with Crippen LogP contribution in [0, 0.1) is 19.8 Å². The van der Waals surface area contributed by atoms with E-state index in [0.29, 0.717) is 50.2 Å². The van der Waals surface area contributed by atoms with Crippen LogP contribution < -0.4 is 9.64 Å². The Kier molecular flexibility index (Phi) is 5.03. The first-order chi connectivity index (χ1) is 15.3. The van der Waals surface area contributed by atoms with Gasteiger partial charge in [-0.05, 0) is 49.2 Å². The highest BCUT2D eigenvalue weighted by molar-refractivity contribution is 6.01. The Morgan fingerprint density at radius 1 is 1.03 bits per heavy atom. The van der Waals surface area contributed by atoms with Gasteiger partial charge in [0, 0.05) is 44.6 Å². The van der Waals surface area contributed by atoms with Crippen LogP contribution in [-0.4, -0.2) is 47.7 Å². The number of hydrogen-bond acceptors (Lipinski definition) is 4. The second-order valence-corrected chi connectivity index (χ2v) is 9.38. The number of amides is 2. The van der Waals surface area contributed by atoms with Gasteiger partial charge in [-0.2, -0.15) is 0 Å². The van der Waals surface area contributed by atoms with Crippen LogP contribution in [0.3, 0.4) is 0 Å². The van der Waals surface area contributed by atoms with E-state index in [4.69, 9.17) is 4.74 Å². The number of anilines is 1. The Bertz CT molecular complexity index is 1100. The predicted octanol–water partition coefficient (Wildman–Crippen LogP) is 3.68. The molecule has 0 aliphatic carbocycles. The van der Waals surface area contributed by atoms with Crippen LogP contribution in [0.4, 0.5) is 5.69 Å². The Hall–Kier alpha value is -3.15. The molecule has 2 aromatic carbocycles. The number of carbonyl (C=O) groups excluding carboxylic acids is 3. The van der Waals surface area contributed by atoms with E-state index in [9.17, 15) is 14.4 Å². The largest absolute Gasteiger partial charge is 0.486 e. The highest BCUT2D eigenvalue weighted by atomic mass is 16.5. The van der Waals surface area contributed by atoms with E-state index in [0.717, 1.165) is 11.3 Å². The van der Waals surface area contributed by atoms with Gasteiger partial charge in [-0.15, -0.1) is 0 Å². The number of rotatable bonds is 2. The van der Waals surface area contributed by atoms with Gasteiger partial charge in [0.2, 0.25) is 11.8 Å². The standard InChI is InChI=1S/C26H28N2O4/c1-17-7-8-20(13-18(17)2)28-16-19(14-24(28)30)25(31)27-11-9-26(10-12-27)15-22(29)21-5-3-4-6-23(21)32-26/h3-8,13,19H,9-12,14-16H2,1-2H3/t19-/m0/s1. The number of nitrogens with zero attached hydrogens (tertiary/aromatic N) is 2. The minimum absolute atomic E-state index is 0.00194. The zero-order valence-corrected chi connectivity index (χ0v) is 18.6. The van der Waals surface area contributed by atoms with Crippen molar-refractivity contribution < 1.29 is 19.1 Å². The van der Waals surface area contributed by atoms with Gasteiger partial charge in [0.25, 0.3) is 0 Å². The van der Waals surface area contributed by atoms with Gasteiger partial charge >= 0.3 is 0 Å². The summed E-state index contributed by atoms with van der Waals surface area (Å²) >= 11 is 0. The van der Waals surface area contributed by atoms with Crippen molar-refractivity contribution in [1.29, 1.82) is 0 Å². The zero-order valence-electron chi connectivity index (χ0n) is 18.6. The first-order valence-electron chi connectivity index (χ1n) is 11.3. The molecule has 1 spiro atoms. The molecule has 0 N–H and O–H groups in total. The SMILES string of the molecule is Cc1ccc(N2C[C@@H](C(=O)N3CCC4(CC3)CC(=O)c3ccccc3O4)CC2=O)cc1C. The number of aryl methyl sites for hydroxylation is 2. The number of para-hydroxylation sites is 1. The second kappa shape index (κ2) is 7.76. The number of fused-ring (bicyclic) bond motifs is 1. The fourth-order valence-corrected chi connectivity index (χ4v) is 5.13. The van der Waals surface area contributed by atoms with Crippen molar-refractivity contribution >= 4 is 23.3 Å². The van der Waals surface area contributed by atoms with Crippen LogP contribution in [0.5, 0.6) is 5.75 Å². The number of piperidine rings is 1. The van der Waals surface area contributed by atoms with Crippen LogP contribution in [0.2, 0.25) is 0 Å². The molecule has 6 nitrogen and oxygen atoms in total. The van der Waals surface area contributed by atoms with Crippen LogP contribution >= 0.6 is 0 Å². The van der Waals surface area contributed by atoms with Crippen molar-refractivity contribution in [1.82, 2.24) is 4.90 Å². The molecule has 2 amide bonds. The van der Waals surface area contributed by atoms with Crippen LogP contribution in [-0.2, 0) is 9.59 Å². The topological polar surface area (TPSA) is 66.9 Å². The summed E-state index contributed by atoms with van der Waals surface area (Å²) in [5.74, 6) is 0.457. The molecule has 3 aliphatic rings. The van der Waals surface area contributed by atoms with Crippen LogP contribution in [0.25, 0.3) is 0 Å². The number of benzene rings is 2. The van der Waals surface area contributed by atoms with Gasteiger partial charge in [-0.25, -0.2) is 0 Å². The first kappa shape index (κ1) is 20.7. The lowest BCUT2D eigenvalue weighted by Gasteiger charge is -2.44. The molecule has 1 atom stereocenters. The lowest BCUT2D eigenvalue weighted by Crippen LogP contribution is -2.53. The fraction of sp³-hybridized carbons (Fsp3) is 0.423. The summed E-state index contributed by atoms with van der Waals surface area (Å²) in [6.45, 7) is 5.58. The smallest absolute Gasteiger partial charge is 0.228 e. The molecule has 0 saturated carbocycles. The Morgan fingerprint density at radius 2 is 1.78 bits per heavy atom. The molecule has 0 aromatic heterocycles. The first-order valence-corrected chi connectivity index (χ1v) is 11.3. The monoisotopic (exact) mass is 432 g/mol. The van der Waals surface area contributed by atoms with Crippen molar-refractivity contribution in [2.75, 3.05) is 24.5 Å². The molecular formula is C26H28N2O4. The minimum Gasteiger partial charge on any atom is -0.486 e. The maximum atomic E-state index is 13.2. The highest BCUT2D eigenvalue weighted by Crippen LogP contribution is 2.39. The van der Waals surface area contributed by atoms with E-state index in [1.54, 1.807) is 4.90 Å². The number of carbonyl (C=O) groups is 3. The lowest BCUT2D eigenvalue weighted by molar-refractivity contribution is -0.139. The number of ether oxygens (including phenoxy) is 1. The predicted molar refractivity (Wildman–Crippen MR) is 121 cm³/mol. The van der Waals surface area contributed by atoms with E-state index in [1.807, 2.05) is 61.2 Å². The molecule has 3 heterocycles. The number of hydrogen-bond donors (Lipinski definition) is 0. The third-order valence-corrected chi connectivity index (χ3v) is 7.26. The molecule has 0 radical (unpaired) electrons. The Labute approximate surface area is 188 Å². The summed E-state index contributed by atoms with van der Waals surface area (Å²) in [6.07, 6.45) is 1.85. The van der Waals surface area contributed by atoms with E-state index in [1.165, 1.54) is 5.56 Å². The van der Waals surface area contributed by atoms with Gasteiger partial charge in [0.15, 0.2) is 5.78 Å². The summed E-state index contributed by atoms with van der Waals surface area (Å²) in [5.41, 5.74) is 3.29.